The van der Waals surface area contributed by atoms with E-state index in [0.29, 0.717) is 40.9 Å². The minimum absolute atomic E-state index is 0.151. The lowest BCUT2D eigenvalue weighted by molar-refractivity contribution is 0.255. The Balaban J connectivity index is 1.28. The number of rotatable bonds is 6. The molecule has 1 saturated heterocycles. The smallest absolute Gasteiger partial charge is 0.260 e. The molecular formula is C32H34N8O. The molecule has 0 bridgehead atoms. The Morgan fingerprint density at radius 3 is 2.46 bits per heavy atom. The number of aryl methyl sites for hydroxylation is 2. The van der Waals surface area contributed by atoms with Crippen molar-refractivity contribution in [3.8, 4) is 22.4 Å². The number of hydrogen-bond acceptors (Lipinski definition) is 8. The van der Waals surface area contributed by atoms with Crippen molar-refractivity contribution in [3.63, 3.8) is 0 Å². The van der Waals surface area contributed by atoms with E-state index >= 15 is 0 Å². The molecule has 1 aliphatic heterocycles. The van der Waals surface area contributed by atoms with Gasteiger partial charge in [-0.15, -0.1) is 0 Å². The van der Waals surface area contributed by atoms with Crippen molar-refractivity contribution < 1.29 is 0 Å². The Morgan fingerprint density at radius 2 is 1.76 bits per heavy atom. The first kappa shape index (κ1) is 26.6. The second kappa shape index (κ2) is 11.1. The lowest BCUT2D eigenvalue weighted by Gasteiger charge is -2.29. The maximum absolute atomic E-state index is 13.6. The van der Waals surface area contributed by atoms with Gasteiger partial charge in [0.15, 0.2) is 0 Å². The van der Waals surface area contributed by atoms with E-state index < -0.39 is 0 Å². The van der Waals surface area contributed by atoms with Crippen LogP contribution in [0.1, 0.15) is 36.9 Å². The van der Waals surface area contributed by atoms with E-state index in [4.69, 9.17) is 10.7 Å². The first-order valence-corrected chi connectivity index (χ1v) is 14.0. The molecule has 1 fully saturated rings. The van der Waals surface area contributed by atoms with Crippen LogP contribution in [-0.2, 0) is 6.54 Å². The normalized spacial score (nSPS) is 14.4. The van der Waals surface area contributed by atoms with E-state index in [0.717, 1.165) is 41.1 Å². The van der Waals surface area contributed by atoms with Crippen molar-refractivity contribution in [1.29, 1.82) is 0 Å². The van der Waals surface area contributed by atoms with E-state index in [-0.39, 0.29) is 5.56 Å². The lowest BCUT2D eigenvalue weighted by atomic mass is 9.89. The summed E-state index contributed by atoms with van der Waals surface area (Å²) in [6.45, 7) is 6.56. The molecule has 0 radical (unpaired) electrons. The molecule has 0 spiro atoms. The van der Waals surface area contributed by atoms with Crippen molar-refractivity contribution in [2.24, 2.45) is 0 Å². The number of likely N-dealkylation sites (tertiary alicyclic amines) is 1. The van der Waals surface area contributed by atoms with Crippen LogP contribution in [0.3, 0.4) is 0 Å². The number of nitrogen functional groups attached to an aromatic ring is 1. The molecule has 5 aromatic rings. The SMILES string of the molecule is CCn1c(=O)c(-c2ccc(-c3cncc(C)n3)cc2N)cc2cnc(Nc3ccc(C4CCN(C)CC4)cc3)nc21. The van der Waals surface area contributed by atoms with Gasteiger partial charge in [0.2, 0.25) is 5.95 Å². The Morgan fingerprint density at radius 1 is 0.976 bits per heavy atom. The molecule has 2 aromatic carbocycles. The summed E-state index contributed by atoms with van der Waals surface area (Å²) in [7, 11) is 2.18. The van der Waals surface area contributed by atoms with Crippen molar-refractivity contribution >= 4 is 28.4 Å². The van der Waals surface area contributed by atoms with Crippen LogP contribution in [0.5, 0.6) is 0 Å². The van der Waals surface area contributed by atoms with Gasteiger partial charge in [-0.1, -0.05) is 24.3 Å². The highest BCUT2D eigenvalue weighted by Crippen LogP contribution is 2.31. The second-order valence-corrected chi connectivity index (χ2v) is 10.8. The third-order valence-electron chi connectivity index (χ3n) is 7.89. The predicted molar refractivity (Wildman–Crippen MR) is 164 cm³/mol. The third kappa shape index (κ3) is 5.40. The summed E-state index contributed by atoms with van der Waals surface area (Å²) >= 11 is 0. The van der Waals surface area contributed by atoms with Crippen molar-refractivity contribution in [2.45, 2.75) is 39.2 Å². The number of anilines is 3. The number of hydrogen-bond donors (Lipinski definition) is 2. The Hall–Kier alpha value is -4.63. The van der Waals surface area contributed by atoms with Crippen molar-refractivity contribution in [3.05, 3.63) is 88.7 Å². The van der Waals surface area contributed by atoms with Crippen LogP contribution in [0.25, 0.3) is 33.4 Å². The van der Waals surface area contributed by atoms with Gasteiger partial charge in [-0.2, -0.15) is 4.98 Å². The first-order valence-electron chi connectivity index (χ1n) is 14.0. The van der Waals surface area contributed by atoms with E-state index in [1.165, 1.54) is 18.4 Å². The number of nitrogens with one attached hydrogen (secondary N) is 1. The maximum atomic E-state index is 13.6. The largest absolute Gasteiger partial charge is 0.398 e. The average Bonchev–Trinajstić information content (AvgIpc) is 2.98. The molecule has 4 heterocycles. The van der Waals surface area contributed by atoms with Gasteiger partial charge >= 0.3 is 0 Å². The van der Waals surface area contributed by atoms with Crippen LogP contribution < -0.4 is 16.6 Å². The summed E-state index contributed by atoms with van der Waals surface area (Å²) < 4.78 is 1.67. The number of fused-ring (bicyclic) bond motifs is 1. The lowest BCUT2D eigenvalue weighted by Crippen LogP contribution is -2.29. The van der Waals surface area contributed by atoms with Gasteiger partial charge < -0.3 is 16.0 Å². The fraction of sp³-hybridized carbons (Fsp3) is 0.281. The summed E-state index contributed by atoms with van der Waals surface area (Å²) in [5.74, 6) is 1.05. The Kier molecular flexibility index (Phi) is 7.19. The predicted octanol–water partition coefficient (Wildman–Crippen LogP) is 5.38. The number of pyridine rings is 1. The Labute approximate surface area is 239 Å². The number of nitrogens with zero attached hydrogens (tertiary/aromatic N) is 6. The highest BCUT2D eigenvalue weighted by atomic mass is 16.1. The molecule has 6 rings (SSSR count). The van der Waals surface area contributed by atoms with Crippen molar-refractivity contribution in [1.82, 2.24) is 29.4 Å². The minimum Gasteiger partial charge on any atom is -0.398 e. The number of piperidine rings is 1. The van der Waals surface area contributed by atoms with Gasteiger partial charge in [0.25, 0.3) is 5.56 Å². The fourth-order valence-corrected chi connectivity index (χ4v) is 5.59. The molecule has 9 nitrogen and oxygen atoms in total. The number of aromatic nitrogens is 5. The molecule has 3 N–H and O–H groups in total. The van der Waals surface area contributed by atoms with Gasteiger partial charge in [-0.3, -0.25) is 14.3 Å². The van der Waals surface area contributed by atoms with Crippen LogP contribution in [0.2, 0.25) is 0 Å². The van der Waals surface area contributed by atoms with Crippen LogP contribution in [-0.4, -0.2) is 49.5 Å². The molecule has 0 amide bonds. The number of nitrogens with two attached hydrogens (primary N) is 1. The van der Waals surface area contributed by atoms with E-state index in [1.807, 2.05) is 38.1 Å². The molecule has 1 aliphatic rings. The standard InChI is InChI=1S/C32H34N8O/c1-4-40-30-24(15-27(31(40)41)26-10-7-23(16-28(26)33)29-19-34-17-20(2)36-29)18-35-32(38-30)37-25-8-5-21(6-9-25)22-11-13-39(3)14-12-22/h5-10,15-19,22H,4,11-14,33H2,1-3H3,(H,35,37,38). The van der Waals surface area contributed by atoms with Gasteiger partial charge in [0, 0.05) is 46.8 Å². The number of benzene rings is 2. The first-order chi connectivity index (χ1) is 19.9. The molecule has 41 heavy (non-hydrogen) atoms. The molecule has 208 valence electrons. The molecule has 9 heteroatoms. The third-order valence-corrected chi connectivity index (χ3v) is 7.89. The molecule has 3 aromatic heterocycles. The van der Waals surface area contributed by atoms with Gasteiger partial charge in [0.05, 0.1) is 23.1 Å². The van der Waals surface area contributed by atoms with E-state index in [9.17, 15) is 4.79 Å². The van der Waals surface area contributed by atoms with Crippen LogP contribution in [0.15, 0.2) is 71.9 Å². The summed E-state index contributed by atoms with van der Waals surface area (Å²) in [6, 6.07) is 16.0. The maximum Gasteiger partial charge on any atom is 0.260 e. The van der Waals surface area contributed by atoms with Crippen LogP contribution >= 0.6 is 0 Å². The van der Waals surface area contributed by atoms with Gasteiger partial charge in [-0.05, 0) is 82.6 Å². The van der Waals surface area contributed by atoms with Crippen LogP contribution in [0, 0.1) is 6.92 Å². The topological polar surface area (TPSA) is 115 Å². The second-order valence-electron chi connectivity index (χ2n) is 10.8. The molecule has 0 saturated carbocycles. The van der Waals surface area contributed by atoms with Gasteiger partial charge in [0.1, 0.15) is 5.65 Å². The van der Waals surface area contributed by atoms with E-state index in [1.54, 1.807) is 23.2 Å². The Bertz CT molecular complexity index is 1770. The fourth-order valence-electron chi connectivity index (χ4n) is 5.59. The zero-order valence-corrected chi connectivity index (χ0v) is 23.6. The molecule has 0 atom stereocenters. The monoisotopic (exact) mass is 546 g/mol. The summed E-state index contributed by atoms with van der Waals surface area (Å²) in [5, 5.41) is 4.07. The van der Waals surface area contributed by atoms with Crippen molar-refractivity contribution in [2.75, 3.05) is 31.2 Å². The summed E-state index contributed by atoms with van der Waals surface area (Å²) in [5.41, 5.74) is 13.2. The highest BCUT2D eigenvalue weighted by Gasteiger charge is 2.19. The highest BCUT2D eigenvalue weighted by molar-refractivity contribution is 5.86. The minimum atomic E-state index is -0.151. The molecular weight excluding hydrogens is 512 g/mol. The summed E-state index contributed by atoms with van der Waals surface area (Å²) in [4.78, 5) is 34.1. The average molecular weight is 547 g/mol. The zero-order chi connectivity index (χ0) is 28.5. The van der Waals surface area contributed by atoms with Crippen LogP contribution in [0.4, 0.5) is 17.3 Å². The summed E-state index contributed by atoms with van der Waals surface area (Å²) in [6.07, 6.45) is 7.53. The molecule has 0 unspecified atom stereocenters. The molecule has 0 aliphatic carbocycles. The quantitative estimate of drug-likeness (QED) is 0.273. The zero-order valence-electron chi connectivity index (χ0n) is 23.6. The van der Waals surface area contributed by atoms with Gasteiger partial charge in [-0.25, -0.2) is 9.97 Å². The van der Waals surface area contributed by atoms with E-state index in [2.05, 4.69) is 56.5 Å².